The predicted molar refractivity (Wildman–Crippen MR) is 106 cm³/mol. The summed E-state index contributed by atoms with van der Waals surface area (Å²) in [5.41, 5.74) is 3.88. The molecule has 2 bridgehead atoms. The number of aromatic nitrogens is 2. The maximum atomic E-state index is 13.2. The molecule has 1 aliphatic heterocycles. The first-order valence-corrected chi connectivity index (χ1v) is 9.76. The molecule has 2 fully saturated rings. The summed E-state index contributed by atoms with van der Waals surface area (Å²) in [7, 11) is 1.99. The van der Waals surface area contributed by atoms with Crippen LogP contribution in [0.3, 0.4) is 0 Å². The first kappa shape index (κ1) is 17.6. The second-order valence-corrected chi connectivity index (χ2v) is 9.66. The molecule has 2 heterocycles. The lowest BCUT2D eigenvalue weighted by atomic mass is 9.65. The topological polar surface area (TPSA) is 30.2 Å². The molecule has 1 aliphatic carbocycles. The minimum Gasteiger partial charge on any atom is -0.295 e. The Balaban J connectivity index is 1.67. The fraction of sp³-hybridized carbons (Fsp3) is 0.591. The van der Waals surface area contributed by atoms with E-state index in [0.717, 1.165) is 30.0 Å². The molecular formula is C22H31N3O. The van der Waals surface area contributed by atoms with Crippen LogP contribution in [0.4, 0.5) is 0 Å². The predicted octanol–water partition coefficient (Wildman–Crippen LogP) is 3.89. The number of hydrogen-bond acceptors (Lipinski definition) is 2. The van der Waals surface area contributed by atoms with E-state index in [4.69, 9.17) is 0 Å². The Labute approximate surface area is 156 Å². The van der Waals surface area contributed by atoms with Crippen LogP contribution in [0.5, 0.6) is 0 Å². The molecule has 1 aromatic heterocycles. The second-order valence-electron chi connectivity index (χ2n) is 9.66. The van der Waals surface area contributed by atoms with E-state index in [2.05, 4.69) is 32.6 Å². The van der Waals surface area contributed by atoms with Crippen molar-refractivity contribution in [2.75, 3.05) is 6.54 Å². The van der Waals surface area contributed by atoms with Gasteiger partial charge in [0.2, 0.25) is 0 Å². The number of likely N-dealkylation sites (tertiary alicyclic amines) is 1. The number of benzene rings is 1. The van der Waals surface area contributed by atoms with E-state index in [1.165, 1.54) is 19.3 Å². The van der Waals surface area contributed by atoms with Gasteiger partial charge < -0.3 is 0 Å². The van der Waals surface area contributed by atoms with Crippen LogP contribution >= 0.6 is 0 Å². The Kier molecular flexibility index (Phi) is 3.96. The molecule has 0 N–H and O–H groups in total. The molecule has 4 heteroatoms. The smallest absolute Gasteiger partial charge is 0.276 e. The average Bonchev–Trinajstić information content (AvgIpc) is 2.92. The van der Waals surface area contributed by atoms with Crippen molar-refractivity contribution in [3.05, 3.63) is 51.9 Å². The molecule has 140 valence electrons. The van der Waals surface area contributed by atoms with Crippen molar-refractivity contribution >= 4 is 0 Å². The third-order valence-corrected chi connectivity index (χ3v) is 6.56. The highest BCUT2D eigenvalue weighted by molar-refractivity contribution is 5.33. The van der Waals surface area contributed by atoms with Gasteiger partial charge in [-0.3, -0.25) is 14.4 Å². The number of rotatable bonds is 3. The summed E-state index contributed by atoms with van der Waals surface area (Å²) in [6.07, 6.45) is 3.80. The first-order chi connectivity index (χ1) is 12.2. The van der Waals surface area contributed by atoms with Crippen molar-refractivity contribution in [3.63, 3.8) is 0 Å². The van der Waals surface area contributed by atoms with Crippen LogP contribution < -0.4 is 5.56 Å². The molecule has 0 radical (unpaired) electrons. The third kappa shape index (κ3) is 2.84. The van der Waals surface area contributed by atoms with Gasteiger partial charge >= 0.3 is 0 Å². The van der Waals surface area contributed by atoms with Gasteiger partial charge in [0.25, 0.3) is 5.56 Å². The van der Waals surface area contributed by atoms with E-state index >= 15 is 0 Å². The van der Waals surface area contributed by atoms with E-state index in [1.807, 2.05) is 42.1 Å². The van der Waals surface area contributed by atoms with Crippen LogP contribution in [0, 0.1) is 17.8 Å². The summed E-state index contributed by atoms with van der Waals surface area (Å²) in [5, 5.41) is 0. The molecular weight excluding hydrogens is 322 g/mol. The molecule has 0 spiro atoms. The standard InChI is InChI=1S/C22H31N3O/c1-16-19(20(26)25(23(16)5)17-9-7-6-8-10-17)13-24-15-22(4)12-18(24)11-21(2,3)14-22/h6-10,18H,11-15H2,1-5H3/t18-,22-/m0/s1. The number of fused-ring (bicyclic) bond motifs is 2. The Hall–Kier alpha value is -1.81. The average molecular weight is 354 g/mol. The molecule has 1 saturated heterocycles. The van der Waals surface area contributed by atoms with Crippen LogP contribution in [0.25, 0.3) is 5.69 Å². The van der Waals surface area contributed by atoms with Crippen LogP contribution in [0.1, 0.15) is 51.3 Å². The molecule has 4 nitrogen and oxygen atoms in total. The van der Waals surface area contributed by atoms with Gasteiger partial charge in [-0.15, -0.1) is 0 Å². The highest BCUT2D eigenvalue weighted by Gasteiger charge is 2.49. The van der Waals surface area contributed by atoms with Crippen molar-refractivity contribution in [1.82, 2.24) is 14.3 Å². The van der Waals surface area contributed by atoms with Gasteiger partial charge in [-0.1, -0.05) is 39.0 Å². The summed E-state index contributed by atoms with van der Waals surface area (Å²) in [4.78, 5) is 15.8. The zero-order valence-corrected chi connectivity index (χ0v) is 16.7. The summed E-state index contributed by atoms with van der Waals surface area (Å²) < 4.78 is 3.80. The van der Waals surface area contributed by atoms with Gasteiger partial charge in [0.15, 0.2) is 0 Å². The quantitative estimate of drug-likeness (QED) is 0.838. The molecule has 26 heavy (non-hydrogen) atoms. The lowest BCUT2D eigenvalue weighted by molar-refractivity contribution is 0.126. The molecule has 1 saturated carbocycles. The van der Waals surface area contributed by atoms with Crippen molar-refractivity contribution in [2.45, 2.75) is 59.5 Å². The lowest BCUT2D eigenvalue weighted by Gasteiger charge is -2.39. The van der Waals surface area contributed by atoms with Crippen LogP contribution in [-0.2, 0) is 13.6 Å². The van der Waals surface area contributed by atoms with Gasteiger partial charge in [0, 0.05) is 31.9 Å². The van der Waals surface area contributed by atoms with Gasteiger partial charge in [-0.25, -0.2) is 4.68 Å². The number of hydrogen-bond donors (Lipinski definition) is 0. The third-order valence-electron chi connectivity index (χ3n) is 6.56. The fourth-order valence-corrected chi connectivity index (χ4v) is 5.77. The molecule has 0 unspecified atom stereocenters. The fourth-order valence-electron chi connectivity index (χ4n) is 5.77. The Morgan fingerprint density at radius 1 is 1.12 bits per heavy atom. The maximum Gasteiger partial charge on any atom is 0.276 e. The van der Waals surface area contributed by atoms with Crippen LogP contribution in [-0.4, -0.2) is 26.9 Å². The minimum atomic E-state index is 0.127. The zero-order valence-electron chi connectivity index (χ0n) is 16.7. The summed E-state index contributed by atoms with van der Waals surface area (Å²) in [5.74, 6) is 0. The molecule has 0 amide bonds. The van der Waals surface area contributed by atoms with Gasteiger partial charge in [0.05, 0.1) is 11.3 Å². The largest absolute Gasteiger partial charge is 0.295 e. The monoisotopic (exact) mass is 353 g/mol. The molecule has 2 atom stereocenters. The molecule has 2 aliphatic rings. The highest BCUT2D eigenvalue weighted by Crippen LogP contribution is 2.52. The van der Waals surface area contributed by atoms with Gasteiger partial charge in [0.1, 0.15) is 0 Å². The van der Waals surface area contributed by atoms with Gasteiger partial charge in [-0.05, 0) is 49.1 Å². The van der Waals surface area contributed by atoms with Crippen molar-refractivity contribution in [3.8, 4) is 5.69 Å². The normalized spacial score (nSPS) is 27.8. The minimum absolute atomic E-state index is 0.127. The van der Waals surface area contributed by atoms with E-state index in [-0.39, 0.29) is 5.56 Å². The Morgan fingerprint density at radius 2 is 1.81 bits per heavy atom. The van der Waals surface area contributed by atoms with Crippen molar-refractivity contribution in [2.24, 2.45) is 17.9 Å². The second kappa shape index (κ2) is 5.85. The zero-order chi connectivity index (χ0) is 18.7. The highest BCUT2D eigenvalue weighted by atomic mass is 16.1. The molecule has 2 aromatic rings. The lowest BCUT2D eigenvalue weighted by Crippen LogP contribution is -2.35. The Morgan fingerprint density at radius 3 is 2.50 bits per heavy atom. The van der Waals surface area contributed by atoms with Crippen molar-refractivity contribution in [1.29, 1.82) is 0 Å². The van der Waals surface area contributed by atoms with Crippen molar-refractivity contribution < 1.29 is 0 Å². The van der Waals surface area contributed by atoms with E-state index in [0.29, 0.717) is 16.9 Å². The maximum absolute atomic E-state index is 13.2. The summed E-state index contributed by atoms with van der Waals surface area (Å²) in [6.45, 7) is 11.2. The summed E-state index contributed by atoms with van der Waals surface area (Å²) >= 11 is 0. The number of nitrogens with zero attached hydrogens (tertiary/aromatic N) is 3. The Bertz CT molecular complexity index is 877. The SMILES string of the molecule is Cc1c(CN2C[C@@]3(C)C[C@@H]2CC(C)(C)C3)c(=O)n(-c2ccccc2)n1C. The van der Waals surface area contributed by atoms with Crippen LogP contribution in [0.2, 0.25) is 0 Å². The number of para-hydroxylation sites is 1. The van der Waals surface area contributed by atoms with Gasteiger partial charge in [-0.2, -0.15) is 0 Å². The van der Waals surface area contributed by atoms with Crippen LogP contribution in [0.15, 0.2) is 35.1 Å². The van der Waals surface area contributed by atoms with E-state index in [9.17, 15) is 4.79 Å². The first-order valence-electron chi connectivity index (χ1n) is 9.76. The molecule has 1 aromatic carbocycles. The van der Waals surface area contributed by atoms with E-state index in [1.54, 1.807) is 4.68 Å². The summed E-state index contributed by atoms with van der Waals surface area (Å²) in [6, 6.07) is 10.5. The molecule has 4 rings (SSSR count). The van der Waals surface area contributed by atoms with E-state index < -0.39 is 0 Å².